The molecule has 3 aliphatic carbocycles. The lowest BCUT2D eigenvalue weighted by molar-refractivity contribution is -0.153. The third kappa shape index (κ3) is 1.73. The molecule has 3 heterocycles. The fraction of sp³-hybridized carbons (Fsp3) is 0.533. The number of pyridine rings is 1. The van der Waals surface area contributed by atoms with Crippen LogP contribution in [0.2, 0.25) is 0 Å². The molecule has 1 spiro atoms. The number of aromatic nitrogens is 2. The fourth-order valence-corrected chi connectivity index (χ4v) is 4.22. The van der Waals surface area contributed by atoms with Crippen molar-refractivity contribution in [2.75, 3.05) is 5.12 Å². The second-order valence-electron chi connectivity index (χ2n) is 6.56. The summed E-state index contributed by atoms with van der Waals surface area (Å²) in [6, 6.07) is 4.15. The van der Waals surface area contributed by atoms with Crippen LogP contribution in [0.3, 0.4) is 0 Å². The molecule has 0 aromatic carbocycles. The van der Waals surface area contributed by atoms with Crippen molar-refractivity contribution < 1.29 is 4.84 Å². The number of anilines is 1. The molecule has 2 aromatic heterocycles. The van der Waals surface area contributed by atoms with Crippen molar-refractivity contribution in [1.29, 1.82) is 0 Å². The van der Waals surface area contributed by atoms with Gasteiger partial charge in [-0.2, -0.15) is 5.43 Å². The molecule has 4 fully saturated rings. The Balaban J connectivity index is 1.44. The normalized spacial score (nSPS) is 35.1. The van der Waals surface area contributed by atoms with Crippen LogP contribution in [0.25, 0.3) is 5.52 Å². The number of imidazole rings is 1. The number of hydrazine groups is 2. The maximum atomic E-state index is 6.02. The quantitative estimate of drug-likeness (QED) is 0.839. The summed E-state index contributed by atoms with van der Waals surface area (Å²) in [6.45, 7) is 0. The summed E-state index contributed by atoms with van der Waals surface area (Å²) < 4.78 is 2.00. The first-order chi connectivity index (χ1) is 10.3. The summed E-state index contributed by atoms with van der Waals surface area (Å²) in [5.41, 5.74) is 8.55. The van der Waals surface area contributed by atoms with Crippen LogP contribution in [0.15, 0.2) is 30.9 Å². The van der Waals surface area contributed by atoms with Crippen molar-refractivity contribution in [3.8, 4) is 0 Å². The van der Waals surface area contributed by atoms with Crippen molar-refractivity contribution in [3.63, 3.8) is 0 Å². The first-order valence-electron chi connectivity index (χ1n) is 7.76. The van der Waals surface area contributed by atoms with E-state index in [9.17, 15) is 0 Å². The molecule has 1 atom stereocenters. The van der Waals surface area contributed by atoms with Gasteiger partial charge in [0.25, 0.3) is 0 Å². The lowest BCUT2D eigenvalue weighted by atomic mass is 9.66. The van der Waals surface area contributed by atoms with E-state index >= 15 is 0 Å². The third-order valence-corrected chi connectivity index (χ3v) is 5.37. The van der Waals surface area contributed by atoms with Gasteiger partial charge in [-0.15, -0.1) is 0 Å². The Morgan fingerprint density at radius 3 is 3.00 bits per heavy atom. The Kier molecular flexibility index (Phi) is 2.39. The molecule has 0 amide bonds. The van der Waals surface area contributed by atoms with Gasteiger partial charge in [0.15, 0.2) is 5.72 Å². The molecule has 2 N–H and O–H groups in total. The van der Waals surface area contributed by atoms with Crippen molar-refractivity contribution in [1.82, 2.24) is 20.4 Å². The zero-order valence-corrected chi connectivity index (χ0v) is 11.8. The predicted molar refractivity (Wildman–Crippen MR) is 77.8 cm³/mol. The van der Waals surface area contributed by atoms with E-state index in [1.54, 1.807) is 0 Å². The van der Waals surface area contributed by atoms with E-state index in [-0.39, 0.29) is 5.72 Å². The molecule has 6 heteroatoms. The van der Waals surface area contributed by atoms with Gasteiger partial charge in [-0.3, -0.25) is 4.84 Å². The van der Waals surface area contributed by atoms with E-state index in [1.807, 2.05) is 28.2 Å². The van der Waals surface area contributed by atoms with E-state index in [0.717, 1.165) is 23.5 Å². The summed E-state index contributed by atoms with van der Waals surface area (Å²) in [5.74, 6) is 1.42. The zero-order valence-electron chi connectivity index (χ0n) is 11.8. The monoisotopic (exact) mass is 285 g/mol. The van der Waals surface area contributed by atoms with Gasteiger partial charge in [-0.05, 0) is 50.2 Å². The highest BCUT2D eigenvalue weighted by Crippen LogP contribution is 2.49. The Morgan fingerprint density at radius 2 is 2.19 bits per heavy atom. The average molecular weight is 285 g/mol. The zero-order chi connectivity index (χ0) is 13.9. The highest BCUT2D eigenvalue weighted by Gasteiger charge is 2.53. The third-order valence-electron chi connectivity index (χ3n) is 5.37. The lowest BCUT2D eigenvalue weighted by Gasteiger charge is -2.47. The topological polar surface area (TPSA) is 53.8 Å². The molecule has 1 aliphatic heterocycles. The van der Waals surface area contributed by atoms with Gasteiger partial charge in [0.2, 0.25) is 0 Å². The minimum atomic E-state index is -0.215. The predicted octanol–water partition coefficient (Wildman–Crippen LogP) is 2.00. The molecular formula is C15H19N5O. The van der Waals surface area contributed by atoms with Gasteiger partial charge in [0, 0.05) is 12.1 Å². The van der Waals surface area contributed by atoms with E-state index in [4.69, 9.17) is 4.84 Å². The molecule has 2 aromatic rings. The van der Waals surface area contributed by atoms with Crippen molar-refractivity contribution in [2.45, 2.75) is 37.8 Å². The van der Waals surface area contributed by atoms with Crippen LogP contribution in [0.5, 0.6) is 0 Å². The lowest BCUT2D eigenvalue weighted by Crippen LogP contribution is -2.57. The Bertz CT molecular complexity index is 678. The molecule has 2 bridgehead atoms. The molecule has 1 saturated heterocycles. The van der Waals surface area contributed by atoms with Crippen LogP contribution in [-0.4, -0.2) is 15.1 Å². The first-order valence-corrected chi connectivity index (χ1v) is 7.76. The fourth-order valence-electron chi connectivity index (χ4n) is 4.22. The second kappa shape index (κ2) is 4.19. The van der Waals surface area contributed by atoms with E-state index in [2.05, 4.69) is 28.1 Å². The summed E-state index contributed by atoms with van der Waals surface area (Å²) in [6.07, 6.45) is 12.1. The minimum absolute atomic E-state index is 0.215. The van der Waals surface area contributed by atoms with Gasteiger partial charge in [0.05, 0.1) is 23.7 Å². The molecule has 6 nitrogen and oxygen atoms in total. The number of hydrogen-bond acceptors (Lipinski definition) is 5. The van der Waals surface area contributed by atoms with Crippen LogP contribution < -0.4 is 16.1 Å². The number of fused-ring (bicyclic) bond motifs is 3. The number of nitrogens with one attached hydrogen (secondary N) is 2. The largest absolute Gasteiger partial charge is 0.306 e. The standard InChI is InChI=1S/C15H19N5O/c1-3-12-4-2-11(1)8-15(12)17-20(18-21-15)13-5-6-19-10-16-9-14(19)7-13/h5-7,9-12,17-18H,1-4,8H2/t11?,12?,15-/m1/s1. The second-order valence-corrected chi connectivity index (χ2v) is 6.56. The van der Waals surface area contributed by atoms with Crippen LogP contribution in [0.1, 0.15) is 32.1 Å². The van der Waals surface area contributed by atoms with Crippen molar-refractivity contribution in [3.05, 3.63) is 30.9 Å². The maximum Gasteiger partial charge on any atom is 0.163 e. The van der Waals surface area contributed by atoms with Gasteiger partial charge in [-0.25, -0.2) is 10.1 Å². The molecule has 6 rings (SSSR count). The molecule has 110 valence electrons. The van der Waals surface area contributed by atoms with E-state index in [1.165, 1.54) is 25.7 Å². The van der Waals surface area contributed by atoms with Crippen LogP contribution in [0, 0.1) is 11.8 Å². The molecular weight excluding hydrogens is 266 g/mol. The Labute approximate surface area is 123 Å². The minimum Gasteiger partial charge on any atom is -0.306 e. The average Bonchev–Trinajstić information content (AvgIpc) is 3.15. The Morgan fingerprint density at radius 1 is 1.29 bits per heavy atom. The van der Waals surface area contributed by atoms with Gasteiger partial charge in [-0.1, -0.05) is 5.59 Å². The van der Waals surface area contributed by atoms with Crippen molar-refractivity contribution >= 4 is 11.2 Å². The van der Waals surface area contributed by atoms with Crippen LogP contribution in [-0.2, 0) is 4.84 Å². The summed E-state index contributed by atoms with van der Waals surface area (Å²) in [4.78, 5) is 10.2. The van der Waals surface area contributed by atoms with Gasteiger partial charge >= 0.3 is 0 Å². The first kappa shape index (κ1) is 12.0. The van der Waals surface area contributed by atoms with E-state index < -0.39 is 0 Å². The van der Waals surface area contributed by atoms with Gasteiger partial charge in [0.1, 0.15) is 0 Å². The highest BCUT2D eigenvalue weighted by atomic mass is 16.7. The van der Waals surface area contributed by atoms with E-state index in [0.29, 0.717) is 5.92 Å². The molecule has 0 unspecified atom stereocenters. The molecule has 0 radical (unpaired) electrons. The molecule has 4 aliphatic rings. The van der Waals surface area contributed by atoms with Crippen LogP contribution >= 0.6 is 0 Å². The summed E-state index contributed by atoms with van der Waals surface area (Å²) in [7, 11) is 0. The maximum absolute atomic E-state index is 6.02. The molecule has 21 heavy (non-hydrogen) atoms. The number of hydrogen-bond donors (Lipinski definition) is 2. The number of rotatable bonds is 1. The summed E-state index contributed by atoms with van der Waals surface area (Å²) >= 11 is 0. The smallest absolute Gasteiger partial charge is 0.163 e. The Hall–Kier alpha value is -1.63. The van der Waals surface area contributed by atoms with Crippen LogP contribution in [0.4, 0.5) is 5.69 Å². The van der Waals surface area contributed by atoms with Crippen molar-refractivity contribution in [2.24, 2.45) is 11.8 Å². The highest BCUT2D eigenvalue weighted by molar-refractivity contribution is 5.58. The molecule has 3 saturated carbocycles. The summed E-state index contributed by atoms with van der Waals surface area (Å²) in [5, 5.41) is 1.91. The number of nitrogens with zero attached hydrogens (tertiary/aromatic N) is 3. The van der Waals surface area contributed by atoms with Gasteiger partial charge < -0.3 is 4.40 Å². The SMILES string of the molecule is c1cn2cncc2cc1N1NO[C@@]2(CC3CCC2CC3)N1.